The standard InChI is InChI=1S/C23H24N2OS.ClH/c26-23(25-14-12-24(13-15-25)17-19-11-16-27-18-19)22(20-7-3-1-4-8-20)21-9-5-2-6-10-21;/h1-11,16,18,22H,12-15,17H2;1H. The van der Waals surface area contributed by atoms with Crippen molar-refractivity contribution in [2.75, 3.05) is 26.2 Å². The molecule has 0 saturated carbocycles. The van der Waals surface area contributed by atoms with Crippen LogP contribution >= 0.6 is 23.7 Å². The monoisotopic (exact) mass is 412 g/mol. The van der Waals surface area contributed by atoms with Crippen LogP contribution in [0.2, 0.25) is 0 Å². The second kappa shape index (κ2) is 9.87. The van der Waals surface area contributed by atoms with E-state index in [1.807, 2.05) is 41.3 Å². The fourth-order valence-corrected chi connectivity index (χ4v) is 4.38. The maximum Gasteiger partial charge on any atom is 0.234 e. The van der Waals surface area contributed by atoms with E-state index in [-0.39, 0.29) is 24.2 Å². The molecule has 0 atom stereocenters. The van der Waals surface area contributed by atoms with Crippen molar-refractivity contribution in [3.8, 4) is 0 Å². The van der Waals surface area contributed by atoms with E-state index in [1.165, 1.54) is 5.56 Å². The average molecular weight is 413 g/mol. The molecule has 3 nitrogen and oxygen atoms in total. The van der Waals surface area contributed by atoms with Crippen LogP contribution in [0.1, 0.15) is 22.6 Å². The van der Waals surface area contributed by atoms with Crippen molar-refractivity contribution in [3.05, 3.63) is 94.2 Å². The van der Waals surface area contributed by atoms with Gasteiger partial charge in [-0.15, -0.1) is 12.4 Å². The zero-order chi connectivity index (χ0) is 18.5. The van der Waals surface area contributed by atoms with Crippen LogP contribution in [0.15, 0.2) is 77.5 Å². The summed E-state index contributed by atoms with van der Waals surface area (Å²) in [7, 11) is 0. The molecule has 28 heavy (non-hydrogen) atoms. The largest absolute Gasteiger partial charge is 0.339 e. The number of benzene rings is 2. The molecule has 146 valence electrons. The molecule has 4 rings (SSSR count). The molecular weight excluding hydrogens is 388 g/mol. The number of thiophene rings is 1. The molecule has 5 heteroatoms. The minimum Gasteiger partial charge on any atom is -0.339 e. The summed E-state index contributed by atoms with van der Waals surface area (Å²) in [6.07, 6.45) is 0. The van der Waals surface area contributed by atoms with Crippen LogP contribution in [0.25, 0.3) is 0 Å². The van der Waals surface area contributed by atoms with E-state index in [9.17, 15) is 4.79 Å². The number of hydrogen-bond donors (Lipinski definition) is 0. The van der Waals surface area contributed by atoms with Gasteiger partial charge in [0.25, 0.3) is 0 Å². The highest BCUT2D eigenvalue weighted by molar-refractivity contribution is 7.07. The first-order valence-corrected chi connectivity index (χ1v) is 10.4. The Balaban J connectivity index is 0.00000225. The van der Waals surface area contributed by atoms with E-state index in [0.717, 1.165) is 43.9 Å². The smallest absolute Gasteiger partial charge is 0.234 e. The van der Waals surface area contributed by atoms with Gasteiger partial charge in [0.1, 0.15) is 0 Å². The summed E-state index contributed by atoms with van der Waals surface area (Å²) in [6.45, 7) is 4.42. The maximum atomic E-state index is 13.4. The highest BCUT2D eigenvalue weighted by Crippen LogP contribution is 2.27. The first kappa shape index (κ1) is 20.6. The summed E-state index contributed by atoms with van der Waals surface area (Å²) in [5, 5.41) is 4.33. The first-order chi connectivity index (χ1) is 13.3. The Labute approximate surface area is 177 Å². The van der Waals surface area contributed by atoms with Crippen molar-refractivity contribution < 1.29 is 4.79 Å². The van der Waals surface area contributed by atoms with Crippen molar-refractivity contribution >= 4 is 29.7 Å². The van der Waals surface area contributed by atoms with Gasteiger partial charge in [-0.05, 0) is 33.5 Å². The third kappa shape index (κ3) is 4.82. The fraction of sp³-hybridized carbons (Fsp3) is 0.261. The predicted octanol–water partition coefficient (Wildman–Crippen LogP) is 4.65. The fourth-order valence-electron chi connectivity index (χ4n) is 3.72. The van der Waals surface area contributed by atoms with Gasteiger partial charge in [-0.2, -0.15) is 11.3 Å². The Bertz CT molecular complexity index is 807. The second-order valence-corrected chi connectivity index (χ2v) is 7.77. The molecule has 2 aromatic carbocycles. The van der Waals surface area contributed by atoms with E-state index < -0.39 is 0 Å². The summed E-state index contributed by atoms with van der Waals surface area (Å²) in [5.74, 6) is -0.0154. The molecule has 3 aromatic rings. The Kier molecular flexibility index (Phi) is 7.26. The van der Waals surface area contributed by atoms with Crippen molar-refractivity contribution in [2.24, 2.45) is 0 Å². The highest BCUT2D eigenvalue weighted by atomic mass is 35.5. The van der Waals surface area contributed by atoms with E-state index in [1.54, 1.807) is 11.3 Å². The molecule has 1 aromatic heterocycles. The predicted molar refractivity (Wildman–Crippen MR) is 118 cm³/mol. The van der Waals surface area contributed by atoms with Crippen LogP contribution in [0.3, 0.4) is 0 Å². The van der Waals surface area contributed by atoms with E-state index in [4.69, 9.17) is 0 Å². The molecule has 1 fully saturated rings. The number of rotatable bonds is 5. The molecule has 1 aliphatic rings. The summed E-state index contributed by atoms with van der Waals surface area (Å²) in [6, 6.07) is 22.5. The lowest BCUT2D eigenvalue weighted by atomic mass is 9.90. The van der Waals surface area contributed by atoms with Crippen LogP contribution in [0.5, 0.6) is 0 Å². The van der Waals surface area contributed by atoms with Crippen LogP contribution in [0, 0.1) is 0 Å². The van der Waals surface area contributed by atoms with Crippen molar-refractivity contribution in [1.82, 2.24) is 9.80 Å². The molecule has 1 aliphatic heterocycles. The minimum atomic E-state index is -0.226. The van der Waals surface area contributed by atoms with Gasteiger partial charge in [0.05, 0.1) is 5.92 Å². The van der Waals surface area contributed by atoms with E-state index >= 15 is 0 Å². The Hall–Kier alpha value is -2.14. The Morgan fingerprint density at radius 2 is 1.43 bits per heavy atom. The van der Waals surface area contributed by atoms with Gasteiger partial charge in [0.2, 0.25) is 5.91 Å². The lowest BCUT2D eigenvalue weighted by molar-refractivity contribution is -0.133. The minimum absolute atomic E-state index is 0. The highest BCUT2D eigenvalue weighted by Gasteiger charge is 2.29. The number of carbonyl (C=O) groups is 1. The number of nitrogens with zero attached hydrogens (tertiary/aromatic N) is 2. The number of hydrogen-bond acceptors (Lipinski definition) is 3. The Morgan fingerprint density at radius 1 is 0.857 bits per heavy atom. The van der Waals surface area contributed by atoms with Crippen LogP contribution in [-0.4, -0.2) is 41.9 Å². The number of halogens is 1. The molecule has 0 N–H and O–H groups in total. The van der Waals surface area contributed by atoms with Gasteiger partial charge in [-0.25, -0.2) is 0 Å². The Morgan fingerprint density at radius 3 is 1.93 bits per heavy atom. The van der Waals surface area contributed by atoms with Gasteiger partial charge in [-0.1, -0.05) is 60.7 Å². The van der Waals surface area contributed by atoms with Crippen molar-refractivity contribution in [3.63, 3.8) is 0 Å². The maximum absolute atomic E-state index is 13.4. The molecule has 0 bridgehead atoms. The molecule has 0 aliphatic carbocycles. The summed E-state index contributed by atoms with van der Waals surface area (Å²) in [5.41, 5.74) is 3.50. The van der Waals surface area contributed by atoms with Gasteiger partial charge >= 0.3 is 0 Å². The van der Waals surface area contributed by atoms with Crippen LogP contribution in [0.4, 0.5) is 0 Å². The van der Waals surface area contributed by atoms with Crippen molar-refractivity contribution in [2.45, 2.75) is 12.5 Å². The summed E-state index contributed by atoms with van der Waals surface area (Å²) in [4.78, 5) is 17.9. The third-order valence-corrected chi connectivity index (χ3v) is 5.92. The summed E-state index contributed by atoms with van der Waals surface area (Å²) < 4.78 is 0. The molecule has 2 heterocycles. The van der Waals surface area contributed by atoms with Gasteiger partial charge in [0.15, 0.2) is 0 Å². The van der Waals surface area contributed by atoms with Gasteiger partial charge in [-0.3, -0.25) is 9.69 Å². The SMILES string of the molecule is Cl.O=C(C(c1ccccc1)c1ccccc1)N1CCN(Cc2ccsc2)CC1. The average Bonchev–Trinajstić information content (AvgIpc) is 3.23. The number of amides is 1. The summed E-state index contributed by atoms with van der Waals surface area (Å²) >= 11 is 1.74. The lowest BCUT2D eigenvalue weighted by Gasteiger charge is -2.36. The van der Waals surface area contributed by atoms with E-state index in [2.05, 4.69) is 46.0 Å². The van der Waals surface area contributed by atoms with Gasteiger partial charge < -0.3 is 4.90 Å². The third-order valence-electron chi connectivity index (χ3n) is 5.18. The molecule has 0 spiro atoms. The molecule has 1 saturated heterocycles. The topological polar surface area (TPSA) is 23.6 Å². The second-order valence-electron chi connectivity index (χ2n) is 6.99. The number of piperazine rings is 1. The quantitative estimate of drug-likeness (QED) is 0.609. The number of carbonyl (C=O) groups excluding carboxylic acids is 1. The normalized spacial score (nSPS) is 14.7. The lowest BCUT2D eigenvalue weighted by Crippen LogP contribution is -2.49. The van der Waals surface area contributed by atoms with E-state index in [0.29, 0.717) is 0 Å². The van der Waals surface area contributed by atoms with Crippen LogP contribution < -0.4 is 0 Å². The van der Waals surface area contributed by atoms with Crippen molar-refractivity contribution in [1.29, 1.82) is 0 Å². The molecule has 0 unspecified atom stereocenters. The molecule has 0 radical (unpaired) electrons. The zero-order valence-electron chi connectivity index (χ0n) is 15.7. The molecular formula is C23H25ClN2OS. The van der Waals surface area contributed by atoms with Crippen LogP contribution in [-0.2, 0) is 11.3 Å². The first-order valence-electron chi connectivity index (χ1n) is 9.43. The zero-order valence-corrected chi connectivity index (χ0v) is 17.4. The molecule has 1 amide bonds. The van der Waals surface area contributed by atoms with Gasteiger partial charge in [0, 0.05) is 32.7 Å².